The maximum atomic E-state index is 10.9. The topological polar surface area (TPSA) is 348 Å². The van der Waals surface area contributed by atoms with Crippen molar-refractivity contribution in [3.05, 3.63) is 0 Å². The maximum Gasteiger partial charge on any atom is 0.187 e. The second kappa shape index (κ2) is 15.6. The summed E-state index contributed by atoms with van der Waals surface area (Å²) in [7, 11) is 0. The lowest BCUT2D eigenvalue weighted by Crippen LogP contribution is -2.67. The van der Waals surface area contributed by atoms with E-state index >= 15 is 0 Å². The van der Waals surface area contributed by atoms with Crippen molar-refractivity contribution in [1.82, 2.24) is 0 Å². The molecule has 0 spiro atoms. The summed E-state index contributed by atoms with van der Waals surface area (Å²) in [6.07, 6.45) is -35.3. The molecule has 0 aromatic carbocycles. The molecule has 0 aromatic rings. The summed E-state index contributed by atoms with van der Waals surface area (Å²) < 4.78 is 37.7. The van der Waals surface area contributed by atoms with Crippen LogP contribution in [0.5, 0.6) is 0 Å². The van der Waals surface area contributed by atoms with Gasteiger partial charge in [-0.2, -0.15) is 0 Å². The molecule has 0 aromatic heterocycles. The standard InChI is InChI=1S/C24H42O21/c25-1-5-9(29)10(30)15(35)22(40-5)44-19-7(3-27)42-24(17(37)12(19)32)45-20-8(4-28)41-23(16(36)13(20)33)43-18-6(2-26)39-21(38)14(34)11(18)31/h5-38H,1-4H2/t5-,6+,7+,8+,9-,10+,11+,12+,13+,14+,15-,16+,17+,18+,19+,20+,21+,22+,23-,24-/m0/s1. The lowest BCUT2D eigenvalue weighted by Gasteiger charge is -2.49. The summed E-state index contributed by atoms with van der Waals surface area (Å²) in [6, 6.07) is 0. The van der Waals surface area contributed by atoms with E-state index in [1.54, 1.807) is 0 Å². The van der Waals surface area contributed by atoms with Crippen molar-refractivity contribution in [2.45, 2.75) is 123 Å². The number of rotatable bonds is 10. The molecule has 45 heavy (non-hydrogen) atoms. The molecular weight excluding hydrogens is 624 g/mol. The Morgan fingerprint density at radius 1 is 0.333 bits per heavy atom. The molecule has 4 aliphatic heterocycles. The van der Waals surface area contributed by atoms with Crippen LogP contribution >= 0.6 is 0 Å². The zero-order valence-electron chi connectivity index (χ0n) is 23.5. The van der Waals surface area contributed by atoms with Gasteiger partial charge in [-0.15, -0.1) is 0 Å². The largest absolute Gasteiger partial charge is 0.394 e. The van der Waals surface area contributed by atoms with Gasteiger partial charge in [0.05, 0.1) is 26.4 Å². The minimum atomic E-state index is -2.02. The summed E-state index contributed by atoms with van der Waals surface area (Å²) in [4.78, 5) is 0. The number of ether oxygens (including phenoxy) is 7. The molecule has 20 atom stereocenters. The fourth-order valence-electron chi connectivity index (χ4n) is 5.55. The first-order chi connectivity index (χ1) is 21.3. The van der Waals surface area contributed by atoms with Crippen molar-refractivity contribution in [1.29, 1.82) is 0 Å². The normalized spacial score (nSPS) is 52.9. The molecule has 264 valence electrons. The van der Waals surface area contributed by atoms with E-state index in [0.717, 1.165) is 0 Å². The van der Waals surface area contributed by atoms with Gasteiger partial charge in [0.1, 0.15) is 97.7 Å². The highest BCUT2D eigenvalue weighted by Crippen LogP contribution is 2.34. The van der Waals surface area contributed by atoms with Gasteiger partial charge in [0.2, 0.25) is 0 Å². The zero-order valence-corrected chi connectivity index (χ0v) is 23.5. The molecule has 0 radical (unpaired) electrons. The first kappa shape index (κ1) is 37.0. The third-order valence-electron chi connectivity index (χ3n) is 8.20. The van der Waals surface area contributed by atoms with E-state index < -0.39 is 149 Å². The van der Waals surface area contributed by atoms with Crippen molar-refractivity contribution in [2.24, 2.45) is 0 Å². The summed E-state index contributed by atoms with van der Waals surface area (Å²) >= 11 is 0. The predicted molar refractivity (Wildman–Crippen MR) is 134 cm³/mol. The molecule has 4 fully saturated rings. The minimum absolute atomic E-state index is 0.784. The molecular formula is C24H42O21. The van der Waals surface area contributed by atoms with E-state index in [-0.39, 0.29) is 0 Å². The van der Waals surface area contributed by atoms with Gasteiger partial charge in [-0.05, 0) is 0 Å². The average molecular weight is 667 g/mol. The zero-order chi connectivity index (χ0) is 33.3. The molecule has 0 saturated carbocycles. The van der Waals surface area contributed by atoms with Gasteiger partial charge in [0.25, 0.3) is 0 Å². The highest BCUT2D eigenvalue weighted by atomic mass is 16.8. The highest BCUT2D eigenvalue weighted by Gasteiger charge is 2.55. The van der Waals surface area contributed by atoms with Gasteiger partial charge in [-0.3, -0.25) is 0 Å². The second-order valence-electron chi connectivity index (χ2n) is 11.1. The van der Waals surface area contributed by atoms with E-state index in [1.165, 1.54) is 0 Å². The van der Waals surface area contributed by atoms with Crippen LogP contribution in [-0.4, -0.2) is 221 Å². The Kier molecular flexibility index (Phi) is 12.8. The summed E-state index contributed by atoms with van der Waals surface area (Å²) in [6.45, 7) is -3.39. The molecule has 4 rings (SSSR count). The van der Waals surface area contributed by atoms with Gasteiger partial charge in [-0.1, -0.05) is 0 Å². The van der Waals surface area contributed by atoms with Crippen molar-refractivity contribution < 1.29 is 105 Å². The van der Waals surface area contributed by atoms with Gasteiger partial charge in [0, 0.05) is 0 Å². The Morgan fingerprint density at radius 2 is 0.644 bits per heavy atom. The number of hydrogen-bond acceptors (Lipinski definition) is 21. The van der Waals surface area contributed by atoms with Crippen molar-refractivity contribution in [2.75, 3.05) is 26.4 Å². The Labute approximate surface area is 254 Å². The fraction of sp³-hybridized carbons (Fsp3) is 1.00. The Hall–Kier alpha value is -0.840. The van der Waals surface area contributed by atoms with Crippen molar-refractivity contribution >= 4 is 0 Å². The van der Waals surface area contributed by atoms with Crippen LogP contribution in [0, 0.1) is 0 Å². The average Bonchev–Trinajstić information content (AvgIpc) is 3.03. The molecule has 21 heteroatoms. The van der Waals surface area contributed by atoms with Crippen molar-refractivity contribution in [3.8, 4) is 0 Å². The number of aliphatic hydroxyl groups is 14. The maximum absolute atomic E-state index is 10.9. The highest BCUT2D eigenvalue weighted by molar-refractivity contribution is 4.97. The smallest absolute Gasteiger partial charge is 0.187 e. The van der Waals surface area contributed by atoms with Gasteiger partial charge in [-0.25, -0.2) is 0 Å². The van der Waals surface area contributed by atoms with Crippen LogP contribution in [0.2, 0.25) is 0 Å². The fourth-order valence-corrected chi connectivity index (χ4v) is 5.55. The summed E-state index contributed by atoms with van der Waals surface area (Å²) in [5, 5.41) is 142. The van der Waals surface area contributed by atoms with Crippen LogP contribution in [0.25, 0.3) is 0 Å². The monoisotopic (exact) mass is 666 g/mol. The molecule has 4 aliphatic rings. The molecule has 0 amide bonds. The third-order valence-corrected chi connectivity index (χ3v) is 8.20. The molecule has 0 aliphatic carbocycles. The van der Waals surface area contributed by atoms with E-state index in [2.05, 4.69) is 0 Å². The molecule has 14 N–H and O–H groups in total. The molecule has 0 unspecified atom stereocenters. The van der Waals surface area contributed by atoms with Crippen LogP contribution < -0.4 is 0 Å². The molecule has 0 bridgehead atoms. The molecule has 4 heterocycles. The van der Waals surface area contributed by atoms with Crippen LogP contribution in [-0.2, 0) is 33.2 Å². The summed E-state index contributed by atoms with van der Waals surface area (Å²) in [5.41, 5.74) is 0. The number of aliphatic hydroxyl groups excluding tert-OH is 14. The Balaban J connectivity index is 1.43. The summed E-state index contributed by atoms with van der Waals surface area (Å²) in [5.74, 6) is 0. The second-order valence-corrected chi connectivity index (χ2v) is 11.1. The van der Waals surface area contributed by atoms with E-state index in [0.29, 0.717) is 0 Å². The molecule has 21 nitrogen and oxygen atoms in total. The van der Waals surface area contributed by atoms with Crippen LogP contribution in [0.15, 0.2) is 0 Å². The van der Waals surface area contributed by atoms with Gasteiger partial charge < -0.3 is 105 Å². The quantitative estimate of drug-likeness (QED) is 0.103. The third kappa shape index (κ3) is 7.44. The number of hydrogen-bond donors (Lipinski definition) is 14. The Morgan fingerprint density at radius 3 is 1.02 bits per heavy atom. The predicted octanol–water partition coefficient (Wildman–Crippen LogP) is -9.75. The van der Waals surface area contributed by atoms with Gasteiger partial charge in [0.15, 0.2) is 25.2 Å². The first-order valence-corrected chi connectivity index (χ1v) is 14.1. The van der Waals surface area contributed by atoms with Crippen LogP contribution in [0.1, 0.15) is 0 Å². The van der Waals surface area contributed by atoms with E-state index in [9.17, 15) is 71.5 Å². The van der Waals surface area contributed by atoms with Crippen molar-refractivity contribution in [3.63, 3.8) is 0 Å². The first-order valence-electron chi connectivity index (χ1n) is 14.1. The van der Waals surface area contributed by atoms with Crippen LogP contribution in [0.3, 0.4) is 0 Å². The Bertz CT molecular complexity index is 910. The van der Waals surface area contributed by atoms with E-state index in [4.69, 9.17) is 33.2 Å². The molecule has 4 saturated heterocycles. The SMILES string of the molecule is OC[C@@H]1O[C@H](O[C@H]2[C@H](O)[C@@H](O)[C@H](O[C@H]3[C@H](O)[C@@H](O)[C@H](O[C@H]4[C@H](O)[C@@H](O)[C@H](O)O[C@@H]4CO)O[C@@H]3CO)O[C@@H]2CO)[C@@H](O)[C@H](O)[C@H]1O. The van der Waals surface area contributed by atoms with Crippen LogP contribution in [0.4, 0.5) is 0 Å². The lowest BCUT2D eigenvalue weighted by atomic mass is 9.95. The van der Waals surface area contributed by atoms with E-state index in [1.807, 2.05) is 0 Å². The van der Waals surface area contributed by atoms with Gasteiger partial charge >= 0.3 is 0 Å². The minimum Gasteiger partial charge on any atom is -0.394 e. The lowest BCUT2D eigenvalue weighted by molar-refractivity contribution is -0.387.